The van der Waals surface area contributed by atoms with E-state index in [4.69, 9.17) is 11.0 Å². The second kappa shape index (κ2) is 6.07. The third kappa shape index (κ3) is 3.18. The number of halogens is 2. The van der Waals surface area contributed by atoms with Crippen LogP contribution in [0.5, 0.6) is 0 Å². The lowest BCUT2D eigenvalue weighted by atomic mass is 10.1. The van der Waals surface area contributed by atoms with Gasteiger partial charge < -0.3 is 11.1 Å². The van der Waals surface area contributed by atoms with Gasteiger partial charge in [-0.25, -0.2) is 0 Å². The molecule has 0 fully saturated rings. The summed E-state index contributed by atoms with van der Waals surface area (Å²) in [6.45, 7) is 0. The summed E-state index contributed by atoms with van der Waals surface area (Å²) in [7, 11) is 0. The summed E-state index contributed by atoms with van der Waals surface area (Å²) in [4.78, 5) is 12.2. The van der Waals surface area contributed by atoms with E-state index < -0.39 is 0 Å². The molecule has 4 nitrogen and oxygen atoms in total. The van der Waals surface area contributed by atoms with Crippen molar-refractivity contribution in [3.8, 4) is 6.07 Å². The van der Waals surface area contributed by atoms with Gasteiger partial charge in [-0.15, -0.1) is 0 Å². The number of nitrogens with two attached hydrogens (primary N) is 1. The van der Waals surface area contributed by atoms with Crippen molar-refractivity contribution in [2.45, 2.75) is 0 Å². The molecule has 6 heteroatoms. The van der Waals surface area contributed by atoms with E-state index in [9.17, 15) is 4.79 Å². The molecule has 0 saturated heterocycles. The zero-order valence-electron chi connectivity index (χ0n) is 10.2. The van der Waals surface area contributed by atoms with Crippen molar-refractivity contribution in [3.63, 3.8) is 0 Å². The highest BCUT2D eigenvalue weighted by Gasteiger charge is 2.12. The first-order valence-electron chi connectivity index (χ1n) is 5.57. The monoisotopic (exact) mass is 393 g/mol. The Morgan fingerprint density at radius 1 is 1.15 bits per heavy atom. The van der Waals surface area contributed by atoms with Crippen LogP contribution in [0, 0.1) is 11.3 Å². The SMILES string of the molecule is N#Cc1ccc(NC(=O)c2cc(N)ccc2Br)c(Br)c1. The first-order chi connectivity index (χ1) is 9.51. The number of carbonyl (C=O) groups excluding carboxylic acids is 1. The molecule has 0 heterocycles. The van der Waals surface area contributed by atoms with E-state index in [1.807, 2.05) is 6.07 Å². The Morgan fingerprint density at radius 3 is 2.55 bits per heavy atom. The van der Waals surface area contributed by atoms with Crippen molar-refractivity contribution < 1.29 is 4.79 Å². The molecule has 0 radical (unpaired) electrons. The van der Waals surface area contributed by atoms with Gasteiger partial charge in [0.2, 0.25) is 0 Å². The summed E-state index contributed by atoms with van der Waals surface area (Å²) >= 11 is 6.63. The molecule has 3 N–H and O–H groups in total. The Balaban J connectivity index is 2.28. The number of carbonyl (C=O) groups is 1. The minimum Gasteiger partial charge on any atom is -0.399 e. The Morgan fingerprint density at radius 2 is 1.90 bits per heavy atom. The van der Waals surface area contributed by atoms with Gasteiger partial charge in [-0.2, -0.15) is 5.26 Å². The molecular weight excluding hydrogens is 386 g/mol. The van der Waals surface area contributed by atoms with Gasteiger partial charge in [-0.05, 0) is 68.3 Å². The van der Waals surface area contributed by atoms with Crippen molar-refractivity contribution in [2.24, 2.45) is 0 Å². The van der Waals surface area contributed by atoms with Crippen LogP contribution in [0.1, 0.15) is 15.9 Å². The van der Waals surface area contributed by atoms with E-state index in [0.29, 0.717) is 31.4 Å². The molecule has 20 heavy (non-hydrogen) atoms. The van der Waals surface area contributed by atoms with Crippen LogP contribution in [0.15, 0.2) is 45.3 Å². The fourth-order valence-electron chi connectivity index (χ4n) is 1.59. The third-order valence-corrected chi connectivity index (χ3v) is 3.93. The predicted molar refractivity (Wildman–Crippen MR) is 85.4 cm³/mol. The van der Waals surface area contributed by atoms with Crippen LogP contribution in [0.2, 0.25) is 0 Å². The van der Waals surface area contributed by atoms with E-state index in [1.54, 1.807) is 36.4 Å². The van der Waals surface area contributed by atoms with Crippen LogP contribution in [-0.2, 0) is 0 Å². The summed E-state index contributed by atoms with van der Waals surface area (Å²) in [6, 6.07) is 12.0. The van der Waals surface area contributed by atoms with Gasteiger partial charge in [0.05, 0.1) is 22.9 Å². The van der Waals surface area contributed by atoms with Crippen LogP contribution >= 0.6 is 31.9 Å². The van der Waals surface area contributed by atoms with E-state index in [0.717, 1.165) is 0 Å². The lowest BCUT2D eigenvalue weighted by molar-refractivity contribution is 0.102. The molecule has 0 saturated carbocycles. The average Bonchev–Trinajstić information content (AvgIpc) is 2.43. The van der Waals surface area contributed by atoms with Gasteiger partial charge in [-0.3, -0.25) is 4.79 Å². The molecule has 0 atom stereocenters. The highest BCUT2D eigenvalue weighted by Crippen LogP contribution is 2.26. The summed E-state index contributed by atoms with van der Waals surface area (Å²) in [5.74, 6) is -0.283. The average molecular weight is 395 g/mol. The van der Waals surface area contributed by atoms with Gasteiger partial charge in [-0.1, -0.05) is 0 Å². The second-order valence-corrected chi connectivity index (χ2v) is 5.71. The first-order valence-corrected chi connectivity index (χ1v) is 7.16. The molecule has 0 spiro atoms. The van der Waals surface area contributed by atoms with E-state index >= 15 is 0 Å². The Bertz CT molecular complexity index is 723. The number of nitriles is 1. The smallest absolute Gasteiger partial charge is 0.256 e. The lowest BCUT2D eigenvalue weighted by Gasteiger charge is -2.09. The second-order valence-electron chi connectivity index (χ2n) is 4.00. The maximum Gasteiger partial charge on any atom is 0.256 e. The lowest BCUT2D eigenvalue weighted by Crippen LogP contribution is -2.13. The molecular formula is C14H9Br2N3O. The highest BCUT2D eigenvalue weighted by atomic mass is 79.9. The van der Waals surface area contributed by atoms with Gasteiger partial charge in [0.1, 0.15) is 0 Å². The van der Waals surface area contributed by atoms with Crippen LogP contribution in [0.25, 0.3) is 0 Å². The maximum absolute atomic E-state index is 12.2. The largest absolute Gasteiger partial charge is 0.399 e. The molecule has 2 aromatic rings. The standard InChI is InChI=1S/C14H9Br2N3O/c15-11-3-2-9(18)6-10(11)14(20)19-13-4-1-8(7-17)5-12(13)16/h1-6H,18H2,(H,19,20). The first kappa shape index (κ1) is 14.6. The molecule has 0 unspecified atom stereocenters. The molecule has 0 aliphatic rings. The van der Waals surface area contributed by atoms with Crippen LogP contribution in [-0.4, -0.2) is 5.91 Å². The summed E-state index contributed by atoms with van der Waals surface area (Å²) in [5.41, 5.74) is 7.74. The number of nitrogen functional groups attached to an aromatic ring is 1. The number of amides is 1. The Hall–Kier alpha value is -1.84. The Kier molecular flexibility index (Phi) is 4.42. The molecule has 0 aromatic heterocycles. The fourth-order valence-corrected chi connectivity index (χ4v) is 2.50. The molecule has 2 aromatic carbocycles. The van der Waals surface area contributed by atoms with E-state index in [-0.39, 0.29) is 5.91 Å². The molecule has 0 bridgehead atoms. The zero-order valence-corrected chi connectivity index (χ0v) is 13.3. The molecule has 0 aliphatic heterocycles. The molecule has 2 rings (SSSR count). The van der Waals surface area contributed by atoms with E-state index in [1.165, 1.54) is 0 Å². The highest BCUT2D eigenvalue weighted by molar-refractivity contribution is 9.11. The van der Waals surface area contributed by atoms with Crippen LogP contribution in [0.3, 0.4) is 0 Å². The van der Waals surface area contributed by atoms with Crippen LogP contribution in [0.4, 0.5) is 11.4 Å². The number of benzene rings is 2. The molecule has 0 aliphatic carbocycles. The van der Waals surface area contributed by atoms with Gasteiger partial charge in [0.15, 0.2) is 0 Å². The fraction of sp³-hybridized carbons (Fsp3) is 0. The van der Waals surface area contributed by atoms with Crippen molar-refractivity contribution in [1.82, 2.24) is 0 Å². The number of rotatable bonds is 2. The Labute approximate surface area is 132 Å². The van der Waals surface area contributed by atoms with Crippen LogP contribution < -0.4 is 11.1 Å². The quantitative estimate of drug-likeness (QED) is 0.757. The number of hydrogen-bond donors (Lipinski definition) is 2. The summed E-state index contributed by atoms with van der Waals surface area (Å²) in [5, 5.41) is 11.6. The summed E-state index contributed by atoms with van der Waals surface area (Å²) in [6.07, 6.45) is 0. The van der Waals surface area contributed by atoms with Gasteiger partial charge in [0.25, 0.3) is 5.91 Å². The molecule has 100 valence electrons. The normalized spacial score (nSPS) is 9.85. The minimum atomic E-state index is -0.283. The number of nitrogens with zero attached hydrogens (tertiary/aromatic N) is 1. The number of nitrogens with one attached hydrogen (secondary N) is 1. The van der Waals surface area contributed by atoms with Gasteiger partial charge >= 0.3 is 0 Å². The van der Waals surface area contributed by atoms with Crippen molar-refractivity contribution in [1.29, 1.82) is 5.26 Å². The van der Waals surface area contributed by atoms with Crippen molar-refractivity contribution in [3.05, 3.63) is 56.5 Å². The zero-order chi connectivity index (χ0) is 14.7. The summed E-state index contributed by atoms with van der Waals surface area (Å²) < 4.78 is 1.30. The number of anilines is 2. The van der Waals surface area contributed by atoms with Crippen molar-refractivity contribution in [2.75, 3.05) is 11.1 Å². The maximum atomic E-state index is 12.2. The third-order valence-electron chi connectivity index (χ3n) is 2.58. The predicted octanol–water partition coefficient (Wildman–Crippen LogP) is 3.92. The number of hydrogen-bond acceptors (Lipinski definition) is 3. The topological polar surface area (TPSA) is 78.9 Å². The van der Waals surface area contributed by atoms with Gasteiger partial charge in [0, 0.05) is 14.6 Å². The van der Waals surface area contributed by atoms with Crippen molar-refractivity contribution >= 4 is 49.1 Å². The van der Waals surface area contributed by atoms with E-state index in [2.05, 4.69) is 37.2 Å². The minimum absolute atomic E-state index is 0.283. The molecule has 1 amide bonds.